The Bertz CT molecular complexity index is 1320. The first-order valence-electron chi connectivity index (χ1n) is 12.6. The van der Waals surface area contributed by atoms with Crippen LogP contribution in [0.1, 0.15) is 72.3 Å². The first-order valence-corrected chi connectivity index (χ1v) is 13.4. The predicted octanol–water partition coefficient (Wildman–Crippen LogP) is 5.27. The summed E-state index contributed by atoms with van der Waals surface area (Å²) >= 11 is 0.546. The zero-order chi connectivity index (χ0) is 30.5. The molecular formula is C25H28F7N5O3S. The number of aliphatic hydroxyl groups is 1. The number of pyridine rings is 1. The molecule has 0 aromatic carbocycles. The summed E-state index contributed by atoms with van der Waals surface area (Å²) in [7, 11) is 0. The Balaban J connectivity index is 1.72. The number of hydrogen-bond donors (Lipinski definition) is 3. The maximum absolute atomic E-state index is 14.2. The van der Waals surface area contributed by atoms with Crippen LogP contribution in [0.15, 0.2) is 12.3 Å². The molecule has 226 valence electrons. The lowest BCUT2D eigenvalue weighted by molar-refractivity contribution is -0.182. The van der Waals surface area contributed by atoms with E-state index in [0.29, 0.717) is 11.3 Å². The molecule has 1 saturated heterocycles. The molecule has 41 heavy (non-hydrogen) atoms. The van der Waals surface area contributed by atoms with Gasteiger partial charge in [0.25, 0.3) is 24.2 Å². The van der Waals surface area contributed by atoms with E-state index in [9.17, 15) is 45.4 Å². The van der Waals surface area contributed by atoms with Crippen LogP contribution in [-0.2, 0) is 0 Å². The lowest BCUT2D eigenvalue weighted by Crippen LogP contribution is -2.38. The molecule has 2 aliphatic rings. The number of carbonyl (C=O) groups is 2. The number of amides is 2. The number of halogens is 7. The minimum atomic E-state index is -4.48. The monoisotopic (exact) mass is 611 g/mol. The molecule has 2 aromatic rings. The van der Waals surface area contributed by atoms with E-state index >= 15 is 0 Å². The van der Waals surface area contributed by atoms with Crippen LogP contribution in [0.25, 0.3) is 10.4 Å². The average molecular weight is 612 g/mol. The fraction of sp³-hybridized carbons (Fsp3) is 0.600. The lowest BCUT2D eigenvalue weighted by Gasteiger charge is -2.21. The fourth-order valence-corrected chi connectivity index (χ4v) is 5.45. The van der Waals surface area contributed by atoms with Crippen molar-refractivity contribution in [1.29, 1.82) is 0 Å². The number of likely N-dealkylation sites (tertiary alicyclic amines) is 1. The van der Waals surface area contributed by atoms with Crippen LogP contribution < -0.4 is 10.6 Å². The van der Waals surface area contributed by atoms with Gasteiger partial charge < -0.3 is 20.6 Å². The molecule has 4 rings (SSSR count). The lowest BCUT2D eigenvalue weighted by atomic mass is 10.1. The Morgan fingerprint density at radius 3 is 2.41 bits per heavy atom. The number of anilines is 1. The summed E-state index contributed by atoms with van der Waals surface area (Å²) in [6.07, 6.45) is -7.58. The van der Waals surface area contributed by atoms with Crippen molar-refractivity contribution in [2.24, 2.45) is 5.41 Å². The quantitative estimate of drug-likeness (QED) is 0.334. The van der Waals surface area contributed by atoms with Crippen molar-refractivity contribution >= 4 is 29.0 Å². The summed E-state index contributed by atoms with van der Waals surface area (Å²) in [6.45, 7) is 2.50. The number of rotatable bonds is 9. The molecule has 3 N–H and O–H groups in total. The standard InChI is InChI=1S/C25H28F7N5O3S/c1-12-7-24(28,29)11-37(12)21(39)16-17(41-20(36-16)19(38)35-9-22(2,3)40)14-8-33-15(6-13(14)18(26)27)34-10-23(4-5-23)25(30,31)32/h6,8,12,18,40H,4-5,7,9-11H2,1-3H3,(H,33,34)(H,35,38)/t12-/m0/s1. The first-order chi connectivity index (χ1) is 18.8. The van der Waals surface area contributed by atoms with Gasteiger partial charge in [-0.3, -0.25) is 9.59 Å². The molecular weight excluding hydrogens is 583 g/mol. The van der Waals surface area contributed by atoms with Gasteiger partial charge in [-0.25, -0.2) is 27.5 Å². The summed E-state index contributed by atoms with van der Waals surface area (Å²) in [5.74, 6) is -5.29. The van der Waals surface area contributed by atoms with Crippen molar-refractivity contribution in [2.75, 3.05) is 25.0 Å². The Morgan fingerprint density at radius 1 is 1.24 bits per heavy atom. The summed E-state index contributed by atoms with van der Waals surface area (Å²) in [6, 6.07) is -0.0664. The number of hydrogen-bond acceptors (Lipinski definition) is 7. The highest BCUT2D eigenvalue weighted by Gasteiger charge is 2.63. The number of alkyl halides is 7. The normalized spacial score (nSPS) is 19.9. The minimum absolute atomic E-state index is 0.109. The molecule has 1 saturated carbocycles. The van der Waals surface area contributed by atoms with Gasteiger partial charge in [-0.2, -0.15) is 13.2 Å². The van der Waals surface area contributed by atoms with E-state index in [0.717, 1.165) is 17.2 Å². The zero-order valence-corrected chi connectivity index (χ0v) is 23.0. The summed E-state index contributed by atoms with van der Waals surface area (Å²) in [4.78, 5) is 34.7. The van der Waals surface area contributed by atoms with Gasteiger partial charge in [0.05, 0.1) is 22.4 Å². The molecule has 16 heteroatoms. The summed E-state index contributed by atoms with van der Waals surface area (Å²) < 4.78 is 96.4. The highest BCUT2D eigenvalue weighted by molar-refractivity contribution is 7.17. The van der Waals surface area contributed by atoms with Gasteiger partial charge in [0, 0.05) is 42.9 Å². The van der Waals surface area contributed by atoms with Crippen LogP contribution in [0.5, 0.6) is 0 Å². The maximum Gasteiger partial charge on any atom is 0.396 e. The second-order valence-electron chi connectivity index (χ2n) is 11.1. The molecule has 0 spiro atoms. The number of nitrogens with one attached hydrogen (secondary N) is 2. The van der Waals surface area contributed by atoms with E-state index in [1.165, 1.54) is 20.8 Å². The molecule has 0 radical (unpaired) electrons. The van der Waals surface area contributed by atoms with E-state index in [-0.39, 0.29) is 40.7 Å². The van der Waals surface area contributed by atoms with Crippen LogP contribution in [0.2, 0.25) is 0 Å². The number of thiazole rings is 1. The topological polar surface area (TPSA) is 107 Å². The van der Waals surface area contributed by atoms with Crippen molar-refractivity contribution in [1.82, 2.24) is 20.2 Å². The summed E-state index contributed by atoms with van der Waals surface area (Å²) in [5, 5.41) is 14.4. The van der Waals surface area contributed by atoms with Gasteiger partial charge in [-0.1, -0.05) is 0 Å². The number of carbonyl (C=O) groups excluding carboxylic acids is 2. The maximum atomic E-state index is 14.2. The molecule has 8 nitrogen and oxygen atoms in total. The molecule has 2 fully saturated rings. The fourth-order valence-electron chi connectivity index (χ4n) is 4.45. The van der Waals surface area contributed by atoms with E-state index in [2.05, 4.69) is 20.6 Å². The van der Waals surface area contributed by atoms with Gasteiger partial charge >= 0.3 is 6.18 Å². The van der Waals surface area contributed by atoms with Crippen molar-refractivity contribution in [3.63, 3.8) is 0 Å². The molecule has 1 aliphatic heterocycles. The van der Waals surface area contributed by atoms with Gasteiger partial charge in [-0.05, 0) is 39.7 Å². The zero-order valence-electron chi connectivity index (χ0n) is 22.2. The highest BCUT2D eigenvalue weighted by atomic mass is 32.1. The SMILES string of the molecule is C[C@H]1CC(F)(F)CN1C(=O)c1nc(C(=O)NCC(C)(C)O)sc1-c1cnc(NCC2(C(F)(F)F)CC2)cc1C(F)F. The third-order valence-corrected chi connectivity index (χ3v) is 8.06. The Kier molecular flexibility index (Phi) is 8.06. The molecule has 2 amide bonds. The van der Waals surface area contributed by atoms with Crippen molar-refractivity contribution in [2.45, 2.75) is 70.2 Å². The first kappa shape index (κ1) is 30.9. The third-order valence-electron chi connectivity index (χ3n) is 6.97. The van der Waals surface area contributed by atoms with Gasteiger partial charge in [0.2, 0.25) is 0 Å². The van der Waals surface area contributed by atoms with Crippen molar-refractivity contribution < 1.29 is 45.4 Å². The van der Waals surface area contributed by atoms with Gasteiger partial charge in [0.15, 0.2) is 5.01 Å². The Hall–Kier alpha value is -3.01. The molecule has 2 aromatic heterocycles. The van der Waals surface area contributed by atoms with Crippen molar-refractivity contribution in [3.8, 4) is 10.4 Å². The highest BCUT2D eigenvalue weighted by Crippen LogP contribution is 2.57. The van der Waals surface area contributed by atoms with E-state index < -0.39 is 78.2 Å². The van der Waals surface area contributed by atoms with Crippen LogP contribution in [0.4, 0.5) is 36.6 Å². The minimum Gasteiger partial charge on any atom is -0.389 e. The van der Waals surface area contributed by atoms with E-state index in [1.807, 2.05) is 0 Å². The van der Waals surface area contributed by atoms with Crippen molar-refractivity contribution in [3.05, 3.63) is 28.5 Å². The van der Waals surface area contributed by atoms with Crippen LogP contribution in [0, 0.1) is 5.41 Å². The molecule has 0 unspecified atom stereocenters. The third kappa shape index (κ3) is 6.74. The second-order valence-corrected chi connectivity index (χ2v) is 12.1. The average Bonchev–Trinajstić information content (AvgIpc) is 3.45. The predicted molar refractivity (Wildman–Crippen MR) is 135 cm³/mol. The molecule has 0 bridgehead atoms. The molecule has 3 heterocycles. The number of nitrogens with zero attached hydrogens (tertiary/aromatic N) is 3. The molecule has 1 atom stereocenters. The Morgan fingerprint density at radius 2 is 1.90 bits per heavy atom. The molecule has 1 aliphatic carbocycles. The van der Waals surface area contributed by atoms with Crippen LogP contribution >= 0.6 is 11.3 Å². The van der Waals surface area contributed by atoms with Crippen LogP contribution in [0.3, 0.4) is 0 Å². The number of aromatic nitrogens is 2. The largest absolute Gasteiger partial charge is 0.396 e. The van der Waals surface area contributed by atoms with Crippen LogP contribution in [-0.4, -0.2) is 75.2 Å². The Labute approximate surface area is 234 Å². The smallest absolute Gasteiger partial charge is 0.389 e. The van der Waals surface area contributed by atoms with Gasteiger partial charge in [-0.15, -0.1) is 11.3 Å². The van der Waals surface area contributed by atoms with E-state index in [1.54, 1.807) is 0 Å². The van der Waals surface area contributed by atoms with E-state index in [4.69, 9.17) is 0 Å². The van der Waals surface area contributed by atoms with Gasteiger partial charge in [0.1, 0.15) is 11.5 Å². The second kappa shape index (κ2) is 10.7. The summed E-state index contributed by atoms with van der Waals surface area (Å²) in [5.41, 5.74) is -4.84.